The molecule has 0 spiro atoms. The molecule has 2 aliphatic heterocycles. The third kappa shape index (κ3) is 3.90. The van der Waals surface area contributed by atoms with E-state index in [1.54, 1.807) is 0 Å². The summed E-state index contributed by atoms with van der Waals surface area (Å²) in [6.45, 7) is 12.1. The van der Waals surface area contributed by atoms with Crippen LogP contribution < -0.4 is 0 Å². The van der Waals surface area contributed by atoms with Crippen molar-refractivity contribution in [3.63, 3.8) is 0 Å². The first-order valence-electron chi connectivity index (χ1n) is 8.62. The highest BCUT2D eigenvalue weighted by Gasteiger charge is 2.44. The molecular weight excluding hydrogens is 278 g/mol. The Labute approximate surface area is 132 Å². The van der Waals surface area contributed by atoms with E-state index in [1.165, 1.54) is 19.3 Å². The summed E-state index contributed by atoms with van der Waals surface area (Å²) in [7, 11) is 0.551. The number of hydrogen-bond donors (Lipinski definition) is 1. The highest BCUT2D eigenvalue weighted by molar-refractivity contribution is 6.74. The maximum Gasteiger partial charge on any atom is 0.191 e. The Morgan fingerprint density at radius 2 is 1.71 bits per heavy atom. The van der Waals surface area contributed by atoms with Gasteiger partial charge >= 0.3 is 0 Å². The molecule has 21 heavy (non-hydrogen) atoms. The molecule has 0 radical (unpaired) electrons. The number of nitrogens with zero attached hydrogens (tertiary/aromatic N) is 1. The van der Waals surface area contributed by atoms with Gasteiger partial charge in [-0.1, -0.05) is 27.2 Å². The predicted molar refractivity (Wildman–Crippen MR) is 91.1 cm³/mol. The van der Waals surface area contributed by atoms with Gasteiger partial charge in [-0.3, -0.25) is 0 Å². The average molecular weight is 314 g/mol. The molecule has 3 nitrogen and oxygen atoms in total. The van der Waals surface area contributed by atoms with Crippen LogP contribution in [0, 0.1) is 0 Å². The summed E-state index contributed by atoms with van der Waals surface area (Å²) in [5, 5.41) is 11.3. The minimum atomic E-state index is -1.69. The third-order valence-electron chi connectivity index (χ3n) is 6.29. The SMILES string of the molecule is CN1C2CCCC1CC(O)(CCO[Si](C)(C)C(C)(C)C)C2. The van der Waals surface area contributed by atoms with E-state index in [1.807, 2.05) is 0 Å². The van der Waals surface area contributed by atoms with Crippen LogP contribution in [0.15, 0.2) is 0 Å². The van der Waals surface area contributed by atoms with E-state index in [4.69, 9.17) is 4.43 Å². The number of piperidine rings is 2. The maximum absolute atomic E-state index is 11.0. The summed E-state index contributed by atoms with van der Waals surface area (Å²) in [5.41, 5.74) is -0.495. The van der Waals surface area contributed by atoms with Crippen molar-refractivity contribution in [2.24, 2.45) is 0 Å². The first-order valence-corrected chi connectivity index (χ1v) is 11.5. The van der Waals surface area contributed by atoms with Crippen LogP contribution in [0.5, 0.6) is 0 Å². The zero-order valence-corrected chi connectivity index (χ0v) is 15.9. The van der Waals surface area contributed by atoms with E-state index in [0.717, 1.165) is 25.9 Å². The van der Waals surface area contributed by atoms with Crippen LogP contribution in [-0.2, 0) is 4.43 Å². The van der Waals surface area contributed by atoms with Gasteiger partial charge in [0.25, 0.3) is 0 Å². The molecule has 4 heteroatoms. The molecule has 2 saturated heterocycles. The van der Waals surface area contributed by atoms with Gasteiger partial charge in [-0.15, -0.1) is 0 Å². The highest BCUT2D eigenvalue weighted by Crippen LogP contribution is 2.41. The molecule has 2 heterocycles. The minimum absolute atomic E-state index is 0.249. The molecule has 2 fully saturated rings. The lowest BCUT2D eigenvalue weighted by Crippen LogP contribution is -2.56. The lowest BCUT2D eigenvalue weighted by Gasteiger charge is -2.51. The van der Waals surface area contributed by atoms with Crippen LogP contribution in [-0.4, -0.2) is 49.7 Å². The quantitative estimate of drug-likeness (QED) is 0.802. The standard InChI is InChI=1S/C17H35NO2Si/c1-16(2,3)21(5,6)20-11-10-17(19)12-14-8-7-9-15(13-17)18(14)4/h14-15,19H,7-13H2,1-6H3. The van der Waals surface area contributed by atoms with Gasteiger partial charge in [0.1, 0.15) is 0 Å². The van der Waals surface area contributed by atoms with Crippen LogP contribution in [0.4, 0.5) is 0 Å². The number of hydrogen-bond acceptors (Lipinski definition) is 3. The molecule has 0 aliphatic carbocycles. The van der Waals surface area contributed by atoms with Gasteiger partial charge in [-0.25, -0.2) is 0 Å². The summed E-state index contributed by atoms with van der Waals surface area (Å²) < 4.78 is 6.28. The van der Waals surface area contributed by atoms with E-state index < -0.39 is 13.9 Å². The molecule has 0 saturated carbocycles. The summed E-state index contributed by atoms with van der Waals surface area (Å²) in [5.74, 6) is 0. The number of fused-ring (bicyclic) bond motifs is 2. The fourth-order valence-electron chi connectivity index (χ4n) is 3.66. The Morgan fingerprint density at radius 1 is 1.19 bits per heavy atom. The predicted octanol–water partition coefficient (Wildman–Crippen LogP) is 3.78. The summed E-state index contributed by atoms with van der Waals surface area (Å²) in [4.78, 5) is 2.51. The molecular formula is C17H35NO2Si. The minimum Gasteiger partial charge on any atom is -0.417 e. The molecule has 2 aliphatic rings. The molecule has 124 valence electrons. The van der Waals surface area contributed by atoms with E-state index in [2.05, 4.69) is 45.8 Å². The molecule has 2 bridgehead atoms. The lowest BCUT2D eigenvalue weighted by atomic mass is 9.74. The summed E-state index contributed by atoms with van der Waals surface area (Å²) >= 11 is 0. The van der Waals surface area contributed by atoms with Gasteiger partial charge in [-0.2, -0.15) is 0 Å². The van der Waals surface area contributed by atoms with E-state index in [-0.39, 0.29) is 5.04 Å². The first kappa shape index (κ1) is 17.5. The van der Waals surface area contributed by atoms with Crippen molar-refractivity contribution in [3.05, 3.63) is 0 Å². The zero-order chi connectivity index (χ0) is 15.9. The van der Waals surface area contributed by atoms with Crippen LogP contribution in [0.1, 0.15) is 59.3 Å². The maximum atomic E-state index is 11.0. The van der Waals surface area contributed by atoms with E-state index in [0.29, 0.717) is 12.1 Å². The third-order valence-corrected chi connectivity index (χ3v) is 10.8. The van der Waals surface area contributed by atoms with Crippen LogP contribution in [0.25, 0.3) is 0 Å². The number of rotatable bonds is 4. The van der Waals surface area contributed by atoms with Crippen molar-refractivity contribution in [2.75, 3.05) is 13.7 Å². The molecule has 0 aromatic heterocycles. The molecule has 2 atom stereocenters. The highest BCUT2D eigenvalue weighted by atomic mass is 28.4. The normalized spacial score (nSPS) is 35.0. The second-order valence-electron chi connectivity index (χ2n) is 8.90. The summed E-state index contributed by atoms with van der Waals surface area (Å²) in [6, 6.07) is 1.16. The molecule has 0 amide bonds. The summed E-state index contributed by atoms with van der Waals surface area (Å²) in [6.07, 6.45) is 6.50. The van der Waals surface area contributed by atoms with Crippen LogP contribution in [0.2, 0.25) is 18.1 Å². The Kier molecular flexibility index (Phi) is 4.94. The van der Waals surface area contributed by atoms with Crippen LogP contribution >= 0.6 is 0 Å². The Morgan fingerprint density at radius 3 is 2.19 bits per heavy atom. The zero-order valence-electron chi connectivity index (χ0n) is 14.9. The monoisotopic (exact) mass is 313 g/mol. The first-order chi connectivity index (χ1) is 9.54. The largest absolute Gasteiger partial charge is 0.417 e. The van der Waals surface area contributed by atoms with Gasteiger partial charge in [-0.05, 0) is 57.3 Å². The fourth-order valence-corrected chi connectivity index (χ4v) is 4.71. The molecule has 2 rings (SSSR count). The van der Waals surface area contributed by atoms with Crippen molar-refractivity contribution >= 4 is 8.32 Å². The van der Waals surface area contributed by atoms with Crippen LogP contribution in [0.3, 0.4) is 0 Å². The average Bonchev–Trinajstić information content (AvgIpc) is 2.30. The fraction of sp³-hybridized carbons (Fsp3) is 1.00. The second-order valence-corrected chi connectivity index (χ2v) is 13.7. The van der Waals surface area contributed by atoms with Crippen molar-refractivity contribution < 1.29 is 9.53 Å². The van der Waals surface area contributed by atoms with Crippen molar-refractivity contribution in [2.45, 2.75) is 95.1 Å². The molecule has 0 aromatic carbocycles. The van der Waals surface area contributed by atoms with Crippen molar-refractivity contribution in [3.8, 4) is 0 Å². The molecule has 1 N–H and O–H groups in total. The smallest absolute Gasteiger partial charge is 0.191 e. The Balaban J connectivity index is 1.88. The van der Waals surface area contributed by atoms with Gasteiger partial charge < -0.3 is 14.4 Å². The van der Waals surface area contributed by atoms with Gasteiger partial charge in [0.15, 0.2) is 8.32 Å². The van der Waals surface area contributed by atoms with E-state index >= 15 is 0 Å². The second kappa shape index (κ2) is 5.95. The lowest BCUT2D eigenvalue weighted by molar-refractivity contribution is -0.0917. The molecule has 2 unspecified atom stereocenters. The molecule has 0 aromatic rings. The van der Waals surface area contributed by atoms with Gasteiger partial charge in [0.05, 0.1) is 5.60 Å². The van der Waals surface area contributed by atoms with Gasteiger partial charge in [0.2, 0.25) is 0 Å². The van der Waals surface area contributed by atoms with Crippen molar-refractivity contribution in [1.82, 2.24) is 4.90 Å². The van der Waals surface area contributed by atoms with Gasteiger partial charge in [0, 0.05) is 18.7 Å². The topological polar surface area (TPSA) is 32.7 Å². The van der Waals surface area contributed by atoms with Crippen molar-refractivity contribution in [1.29, 1.82) is 0 Å². The van der Waals surface area contributed by atoms with E-state index in [9.17, 15) is 5.11 Å². The Bertz CT molecular complexity index is 350. The Hall–Kier alpha value is 0.0969. The number of aliphatic hydroxyl groups is 1.